The van der Waals surface area contributed by atoms with Gasteiger partial charge in [0.15, 0.2) is 5.43 Å². The SMILES string of the molecule is Nc1nc2ccccc2c2c(=O)c3cc(CI)ccc3sc12. The van der Waals surface area contributed by atoms with E-state index in [0.29, 0.717) is 11.2 Å². The third-order valence-electron chi connectivity index (χ3n) is 3.76. The zero-order chi connectivity index (χ0) is 15.3. The van der Waals surface area contributed by atoms with E-state index in [1.165, 1.54) is 11.3 Å². The third-order valence-corrected chi connectivity index (χ3v) is 5.83. The number of hydrogen-bond acceptors (Lipinski definition) is 4. The second-order valence-corrected chi connectivity index (χ2v) is 6.93. The van der Waals surface area contributed by atoms with E-state index >= 15 is 0 Å². The Morgan fingerprint density at radius 3 is 2.77 bits per heavy atom. The van der Waals surface area contributed by atoms with Gasteiger partial charge in [-0.05, 0) is 23.8 Å². The molecular formula is C17H11IN2OS. The fraction of sp³-hybridized carbons (Fsp3) is 0.0588. The van der Waals surface area contributed by atoms with Crippen LogP contribution in [0.1, 0.15) is 5.56 Å². The lowest BCUT2D eigenvalue weighted by atomic mass is 10.1. The van der Waals surface area contributed by atoms with E-state index in [1.807, 2.05) is 36.4 Å². The molecule has 2 N–H and O–H groups in total. The standard InChI is InChI=1S/C17H11IN2OS/c18-8-9-5-6-13-11(7-9)15(21)14-10-3-1-2-4-12(10)20-17(19)16(14)22-13/h1-7H,8H2,(H2,19,20). The van der Waals surface area contributed by atoms with Gasteiger partial charge in [0, 0.05) is 19.9 Å². The van der Waals surface area contributed by atoms with Crippen LogP contribution in [0, 0.1) is 0 Å². The molecule has 0 amide bonds. The van der Waals surface area contributed by atoms with E-state index in [4.69, 9.17) is 5.73 Å². The molecule has 0 aliphatic carbocycles. The maximum atomic E-state index is 13.0. The second kappa shape index (κ2) is 5.17. The number of benzene rings is 2. The van der Waals surface area contributed by atoms with Crippen molar-refractivity contribution in [1.82, 2.24) is 4.98 Å². The van der Waals surface area contributed by atoms with Crippen LogP contribution in [0.25, 0.3) is 31.1 Å². The minimum absolute atomic E-state index is 0.0424. The van der Waals surface area contributed by atoms with Crippen molar-refractivity contribution in [3.8, 4) is 0 Å². The highest BCUT2D eigenvalue weighted by Crippen LogP contribution is 2.32. The molecule has 0 radical (unpaired) electrons. The number of nitrogens with zero attached hydrogens (tertiary/aromatic N) is 1. The average Bonchev–Trinajstić information content (AvgIpc) is 2.55. The summed E-state index contributed by atoms with van der Waals surface area (Å²) < 4.78 is 2.61. The summed E-state index contributed by atoms with van der Waals surface area (Å²) in [6.45, 7) is 0. The summed E-state index contributed by atoms with van der Waals surface area (Å²) in [4.78, 5) is 17.5. The molecule has 0 atom stereocenters. The summed E-state index contributed by atoms with van der Waals surface area (Å²) in [5.41, 5.74) is 8.06. The summed E-state index contributed by atoms with van der Waals surface area (Å²) in [6, 6.07) is 13.7. The second-order valence-electron chi connectivity index (χ2n) is 5.11. The van der Waals surface area contributed by atoms with Gasteiger partial charge in [-0.3, -0.25) is 4.79 Å². The molecule has 4 aromatic rings. The Labute approximate surface area is 143 Å². The van der Waals surface area contributed by atoms with Crippen LogP contribution in [-0.4, -0.2) is 4.98 Å². The quantitative estimate of drug-likeness (QED) is 0.215. The van der Waals surface area contributed by atoms with E-state index in [-0.39, 0.29) is 5.43 Å². The first-order valence-corrected chi connectivity index (χ1v) is 9.13. The van der Waals surface area contributed by atoms with Gasteiger partial charge in [0.1, 0.15) is 5.82 Å². The van der Waals surface area contributed by atoms with Gasteiger partial charge in [-0.15, -0.1) is 11.3 Å². The number of hydrogen-bond donors (Lipinski definition) is 1. The highest BCUT2D eigenvalue weighted by atomic mass is 127. The van der Waals surface area contributed by atoms with Crippen molar-refractivity contribution in [1.29, 1.82) is 0 Å². The Morgan fingerprint density at radius 1 is 1.14 bits per heavy atom. The molecule has 3 nitrogen and oxygen atoms in total. The largest absolute Gasteiger partial charge is 0.382 e. The molecule has 0 aliphatic rings. The van der Waals surface area contributed by atoms with E-state index in [1.54, 1.807) is 0 Å². The van der Waals surface area contributed by atoms with Crippen molar-refractivity contribution in [3.05, 3.63) is 58.3 Å². The van der Waals surface area contributed by atoms with Gasteiger partial charge in [-0.1, -0.05) is 46.9 Å². The molecule has 2 heterocycles. The molecule has 0 spiro atoms. The minimum Gasteiger partial charge on any atom is -0.382 e. The molecule has 22 heavy (non-hydrogen) atoms. The smallest absolute Gasteiger partial charge is 0.196 e. The first-order valence-electron chi connectivity index (χ1n) is 6.78. The van der Waals surface area contributed by atoms with E-state index in [2.05, 4.69) is 33.6 Å². The highest BCUT2D eigenvalue weighted by Gasteiger charge is 2.13. The average molecular weight is 418 g/mol. The molecule has 108 valence electrons. The Hall–Kier alpha value is -1.73. The first kappa shape index (κ1) is 13.9. The normalized spacial score (nSPS) is 11.5. The highest BCUT2D eigenvalue weighted by molar-refractivity contribution is 14.1. The Balaban J connectivity index is 2.30. The van der Waals surface area contributed by atoms with E-state index in [9.17, 15) is 4.79 Å². The first-order chi connectivity index (χ1) is 10.7. The van der Waals surface area contributed by atoms with E-state index in [0.717, 1.165) is 35.7 Å². The topological polar surface area (TPSA) is 56.0 Å². The summed E-state index contributed by atoms with van der Waals surface area (Å²) >= 11 is 3.84. The molecule has 2 aromatic carbocycles. The van der Waals surface area contributed by atoms with Crippen molar-refractivity contribution in [3.63, 3.8) is 0 Å². The van der Waals surface area contributed by atoms with Crippen molar-refractivity contribution in [2.45, 2.75) is 4.43 Å². The van der Waals surface area contributed by atoms with E-state index < -0.39 is 0 Å². The van der Waals surface area contributed by atoms with Crippen LogP contribution in [-0.2, 0) is 4.43 Å². The molecule has 0 aliphatic heterocycles. The molecule has 0 fully saturated rings. The van der Waals surface area contributed by atoms with Gasteiger partial charge >= 0.3 is 0 Å². The lowest BCUT2D eigenvalue weighted by molar-refractivity contribution is 1.45. The Bertz CT molecular complexity index is 1100. The summed E-state index contributed by atoms with van der Waals surface area (Å²) in [5, 5.41) is 2.32. The van der Waals surface area contributed by atoms with Crippen LogP contribution in [0.15, 0.2) is 47.3 Å². The van der Waals surface area contributed by atoms with Gasteiger partial charge in [0.2, 0.25) is 0 Å². The fourth-order valence-electron chi connectivity index (χ4n) is 2.71. The van der Waals surface area contributed by atoms with Crippen molar-refractivity contribution < 1.29 is 0 Å². The number of rotatable bonds is 1. The Kier molecular flexibility index (Phi) is 3.27. The van der Waals surface area contributed by atoms with Gasteiger partial charge in [-0.2, -0.15) is 0 Å². The summed E-state index contributed by atoms with van der Waals surface area (Å²) in [7, 11) is 0. The lowest BCUT2D eigenvalue weighted by Crippen LogP contribution is -2.05. The maximum Gasteiger partial charge on any atom is 0.196 e. The third kappa shape index (κ3) is 1.99. The predicted molar refractivity (Wildman–Crippen MR) is 103 cm³/mol. The fourth-order valence-corrected chi connectivity index (χ4v) is 4.26. The summed E-state index contributed by atoms with van der Waals surface area (Å²) in [6.07, 6.45) is 0. The number of nitrogens with two attached hydrogens (primary N) is 1. The molecule has 0 saturated heterocycles. The zero-order valence-electron chi connectivity index (χ0n) is 11.5. The minimum atomic E-state index is 0.0424. The van der Waals surface area contributed by atoms with Gasteiger partial charge in [-0.25, -0.2) is 4.98 Å². The molecule has 2 aromatic heterocycles. The van der Waals surface area contributed by atoms with Crippen LogP contribution in [0.5, 0.6) is 0 Å². The predicted octanol–water partition coefficient (Wildman–Crippen LogP) is 4.48. The number of fused-ring (bicyclic) bond motifs is 4. The molecular weight excluding hydrogens is 407 g/mol. The number of nitrogen functional groups attached to an aromatic ring is 1. The Morgan fingerprint density at radius 2 is 1.95 bits per heavy atom. The van der Waals surface area contributed by atoms with Crippen LogP contribution in [0.4, 0.5) is 5.82 Å². The van der Waals surface area contributed by atoms with Crippen molar-refractivity contribution >= 4 is 70.8 Å². The summed E-state index contributed by atoms with van der Waals surface area (Å²) in [5.74, 6) is 0.427. The number of para-hydroxylation sites is 1. The van der Waals surface area contributed by atoms with Gasteiger partial charge in [0.25, 0.3) is 0 Å². The van der Waals surface area contributed by atoms with Crippen LogP contribution >= 0.6 is 33.9 Å². The zero-order valence-corrected chi connectivity index (χ0v) is 14.4. The van der Waals surface area contributed by atoms with Crippen molar-refractivity contribution in [2.75, 3.05) is 5.73 Å². The molecule has 0 bridgehead atoms. The van der Waals surface area contributed by atoms with Crippen LogP contribution in [0.3, 0.4) is 0 Å². The van der Waals surface area contributed by atoms with Crippen LogP contribution in [0.2, 0.25) is 0 Å². The number of halogens is 1. The number of anilines is 1. The molecule has 0 unspecified atom stereocenters. The monoisotopic (exact) mass is 418 g/mol. The maximum absolute atomic E-state index is 13.0. The molecule has 4 rings (SSSR count). The number of pyridine rings is 1. The lowest BCUT2D eigenvalue weighted by Gasteiger charge is -2.07. The number of aromatic nitrogens is 1. The molecule has 5 heteroatoms. The van der Waals surface area contributed by atoms with Crippen molar-refractivity contribution in [2.24, 2.45) is 0 Å². The number of alkyl halides is 1. The van der Waals surface area contributed by atoms with Crippen LogP contribution < -0.4 is 11.2 Å². The van der Waals surface area contributed by atoms with Gasteiger partial charge < -0.3 is 5.73 Å². The molecule has 0 saturated carbocycles. The van der Waals surface area contributed by atoms with Gasteiger partial charge in [0.05, 0.1) is 15.6 Å².